The Morgan fingerprint density at radius 3 is 2.75 bits per heavy atom. The molecule has 0 radical (unpaired) electrons. The zero-order valence-electron chi connectivity index (χ0n) is 14.4. The molecule has 3 N–H and O–H groups in total. The Kier molecular flexibility index (Phi) is 5.61. The molecular weight excluding hydrogens is 312 g/mol. The third-order valence-corrected chi connectivity index (χ3v) is 3.34. The van der Waals surface area contributed by atoms with E-state index in [-0.39, 0.29) is 24.0 Å². The summed E-state index contributed by atoms with van der Waals surface area (Å²) in [5, 5.41) is 19.2. The fourth-order valence-corrected chi connectivity index (χ4v) is 2.06. The number of aliphatic hydroxyl groups is 1. The minimum Gasteiger partial charge on any atom is -0.467 e. The molecule has 2 atom stereocenters. The molecule has 2 rings (SSSR count). The average molecular weight is 336 g/mol. The van der Waals surface area contributed by atoms with Crippen molar-refractivity contribution in [3.63, 3.8) is 0 Å². The van der Waals surface area contributed by atoms with Gasteiger partial charge < -0.3 is 24.7 Å². The fraction of sp³-hybridized carbons (Fsp3) is 0.562. The van der Waals surface area contributed by atoms with Crippen LogP contribution in [0.1, 0.15) is 57.7 Å². The van der Waals surface area contributed by atoms with Crippen LogP contribution in [0.25, 0.3) is 0 Å². The van der Waals surface area contributed by atoms with Crippen molar-refractivity contribution in [1.82, 2.24) is 20.8 Å². The maximum absolute atomic E-state index is 11.9. The van der Waals surface area contributed by atoms with Gasteiger partial charge >= 0.3 is 6.03 Å². The van der Waals surface area contributed by atoms with Gasteiger partial charge in [0, 0.05) is 17.9 Å². The smallest absolute Gasteiger partial charge is 0.315 e. The Bertz CT molecular complexity index is 645. The minimum absolute atomic E-state index is 0.166. The monoisotopic (exact) mass is 336 g/mol. The predicted octanol–water partition coefficient (Wildman–Crippen LogP) is 2.27. The third-order valence-electron chi connectivity index (χ3n) is 3.34. The summed E-state index contributed by atoms with van der Waals surface area (Å²) >= 11 is 0. The molecule has 0 aromatic carbocycles. The summed E-state index contributed by atoms with van der Waals surface area (Å²) in [4.78, 5) is 16.1. The van der Waals surface area contributed by atoms with Crippen LogP contribution in [0.15, 0.2) is 27.3 Å². The van der Waals surface area contributed by atoms with E-state index in [2.05, 4.69) is 20.8 Å². The SMILES string of the molecule is C[C@@H](C[C@H](O)c1ccco1)NC(=O)NCc1noc(C(C)(C)C)n1. The van der Waals surface area contributed by atoms with Crippen molar-refractivity contribution < 1.29 is 18.8 Å². The van der Waals surface area contributed by atoms with E-state index in [9.17, 15) is 9.90 Å². The number of carbonyl (C=O) groups is 1. The quantitative estimate of drug-likeness (QED) is 0.746. The lowest BCUT2D eigenvalue weighted by Crippen LogP contribution is -2.41. The molecule has 0 aliphatic rings. The van der Waals surface area contributed by atoms with Crippen LogP contribution >= 0.6 is 0 Å². The highest BCUT2D eigenvalue weighted by molar-refractivity contribution is 5.74. The van der Waals surface area contributed by atoms with E-state index in [0.29, 0.717) is 23.9 Å². The molecule has 2 heterocycles. The summed E-state index contributed by atoms with van der Waals surface area (Å²) in [6.45, 7) is 7.87. The van der Waals surface area contributed by atoms with Crippen LogP contribution in [0.5, 0.6) is 0 Å². The predicted molar refractivity (Wildman–Crippen MR) is 86.1 cm³/mol. The van der Waals surface area contributed by atoms with E-state index in [0.717, 1.165) is 0 Å². The molecule has 0 aliphatic heterocycles. The molecule has 0 aliphatic carbocycles. The summed E-state index contributed by atoms with van der Waals surface area (Å²) in [6.07, 6.45) is 1.08. The summed E-state index contributed by atoms with van der Waals surface area (Å²) in [6, 6.07) is 2.80. The van der Waals surface area contributed by atoms with Gasteiger partial charge in [0.15, 0.2) is 5.82 Å². The Morgan fingerprint density at radius 1 is 1.42 bits per heavy atom. The normalized spacial score (nSPS) is 14.2. The van der Waals surface area contributed by atoms with Crippen molar-refractivity contribution >= 4 is 6.03 Å². The van der Waals surface area contributed by atoms with Crippen LogP contribution < -0.4 is 10.6 Å². The number of carbonyl (C=O) groups excluding carboxylic acids is 1. The molecule has 132 valence electrons. The van der Waals surface area contributed by atoms with Gasteiger partial charge in [0.2, 0.25) is 5.89 Å². The largest absolute Gasteiger partial charge is 0.467 e. The summed E-state index contributed by atoms with van der Waals surface area (Å²) in [5.41, 5.74) is -0.232. The van der Waals surface area contributed by atoms with Crippen LogP contribution in [-0.2, 0) is 12.0 Å². The molecule has 24 heavy (non-hydrogen) atoms. The van der Waals surface area contributed by atoms with E-state index in [1.165, 1.54) is 6.26 Å². The highest BCUT2D eigenvalue weighted by Gasteiger charge is 2.22. The molecular formula is C16H24N4O4. The first-order chi connectivity index (χ1) is 11.3. The zero-order valence-corrected chi connectivity index (χ0v) is 14.4. The highest BCUT2D eigenvalue weighted by atomic mass is 16.5. The van der Waals surface area contributed by atoms with E-state index in [1.807, 2.05) is 20.8 Å². The van der Waals surface area contributed by atoms with E-state index in [4.69, 9.17) is 8.94 Å². The number of hydrogen-bond acceptors (Lipinski definition) is 6. The molecule has 2 aromatic heterocycles. The van der Waals surface area contributed by atoms with Crippen molar-refractivity contribution in [2.75, 3.05) is 0 Å². The van der Waals surface area contributed by atoms with E-state index < -0.39 is 6.10 Å². The van der Waals surface area contributed by atoms with Crippen LogP contribution in [0, 0.1) is 0 Å². The van der Waals surface area contributed by atoms with Gasteiger partial charge in [-0.25, -0.2) is 4.79 Å². The second-order valence-electron chi connectivity index (χ2n) is 6.76. The second kappa shape index (κ2) is 7.48. The molecule has 0 fully saturated rings. The lowest BCUT2D eigenvalue weighted by molar-refractivity contribution is 0.129. The van der Waals surface area contributed by atoms with Crippen LogP contribution in [-0.4, -0.2) is 27.3 Å². The van der Waals surface area contributed by atoms with Gasteiger partial charge in [0.05, 0.1) is 12.8 Å². The highest BCUT2D eigenvalue weighted by Crippen LogP contribution is 2.20. The minimum atomic E-state index is -0.762. The molecule has 0 bridgehead atoms. The number of aromatic nitrogens is 2. The summed E-state index contributed by atoms with van der Waals surface area (Å²) in [7, 11) is 0. The topological polar surface area (TPSA) is 113 Å². The zero-order chi connectivity index (χ0) is 17.7. The van der Waals surface area contributed by atoms with Gasteiger partial charge in [0.25, 0.3) is 0 Å². The number of hydrogen-bond donors (Lipinski definition) is 3. The van der Waals surface area contributed by atoms with Gasteiger partial charge in [-0.3, -0.25) is 0 Å². The number of nitrogens with zero attached hydrogens (tertiary/aromatic N) is 2. The molecule has 2 amide bonds. The lowest BCUT2D eigenvalue weighted by Gasteiger charge is -2.16. The fourth-order valence-electron chi connectivity index (χ4n) is 2.06. The van der Waals surface area contributed by atoms with Crippen molar-refractivity contribution in [3.05, 3.63) is 35.9 Å². The molecule has 2 aromatic rings. The molecule has 0 spiro atoms. The number of furan rings is 1. The number of nitrogens with one attached hydrogen (secondary N) is 2. The Morgan fingerprint density at radius 2 is 2.17 bits per heavy atom. The maximum atomic E-state index is 11.9. The first kappa shape index (κ1) is 18.0. The van der Waals surface area contributed by atoms with E-state index in [1.54, 1.807) is 19.1 Å². The molecule has 0 unspecified atom stereocenters. The number of rotatable bonds is 6. The van der Waals surface area contributed by atoms with Crippen molar-refractivity contribution in [2.24, 2.45) is 0 Å². The molecule has 0 saturated heterocycles. The number of urea groups is 1. The molecule has 8 nitrogen and oxygen atoms in total. The van der Waals surface area contributed by atoms with Gasteiger partial charge in [-0.15, -0.1) is 0 Å². The van der Waals surface area contributed by atoms with Crippen LogP contribution in [0.3, 0.4) is 0 Å². The Balaban J connectivity index is 1.75. The van der Waals surface area contributed by atoms with Gasteiger partial charge in [-0.05, 0) is 19.1 Å². The molecule has 8 heteroatoms. The second-order valence-corrected chi connectivity index (χ2v) is 6.76. The van der Waals surface area contributed by atoms with Crippen LogP contribution in [0.4, 0.5) is 4.79 Å². The van der Waals surface area contributed by atoms with E-state index >= 15 is 0 Å². The first-order valence-corrected chi connectivity index (χ1v) is 7.84. The van der Waals surface area contributed by atoms with Crippen LogP contribution in [0.2, 0.25) is 0 Å². The number of aliphatic hydroxyl groups excluding tert-OH is 1. The van der Waals surface area contributed by atoms with Crippen molar-refractivity contribution in [2.45, 2.75) is 58.2 Å². The van der Waals surface area contributed by atoms with Crippen molar-refractivity contribution in [1.29, 1.82) is 0 Å². The number of amides is 2. The van der Waals surface area contributed by atoms with Gasteiger partial charge in [-0.1, -0.05) is 25.9 Å². The Labute approximate surface area is 140 Å². The summed E-state index contributed by atoms with van der Waals surface area (Å²) < 4.78 is 10.3. The van der Waals surface area contributed by atoms with Gasteiger partial charge in [-0.2, -0.15) is 4.98 Å². The Hall–Kier alpha value is -2.35. The summed E-state index contributed by atoms with van der Waals surface area (Å²) in [5.74, 6) is 1.42. The third kappa shape index (κ3) is 5.09. The maximum Gasteiger partial charge on any atom is 0.315 e. The van der Waals surface area contributed by atoms with Crippen molar-refractivity contribution in [3.8, 4) is 0 Å². The lowest BCUT2D eigenvalue weighted by atomic mass is 9.97. The standard InChI is InChI=1S/C16H24N4O4/c1-10(8-11(21)12-6-5-7-23-12)18-15(22)17-9-13-19-14(24-20-13)16(2,3)4/h5-7,10-11,21H,8-9H2,1-4H3,(H2,17,18,22)/t10-,11-/m0/s1. The van der Waals surface area contributed by atoms with Gasteiger partial charge in [0.1, 0.15) is 11.9 Å². The average Bonchev–Trinajstić information content (AvgIpc) is 3.16. The first-order valence-electron chi connectivity index (χ1n) is 7.84. The molecule has 0 saturated carbocycles.